The first-order chi connectivity index (χ1) is 8.12. The van der Waals surface area contributed by atoms with Crippen LogP contribution in [-0.4, -0.2) is 4.08 Å². The van der Waals surface area contributed by atoms with Gasteiger partial charge in [0, 0.05) is 25.8 Å². The van der Waals surface area contributed by atoms with Gasteiger partial charge in [-0.3, -0.25) is 0 Å². The molecule has 5 heteroatoms. The maximum atomic E-state index is 4.72. The topological polar surface area (TPSA) is 0 Å². The molecule has 0 aliphatic rings. The van der Waals surface area contributed by atoms with E-state index in [2.05, 4.69) is 48.5 Å². The van der Waals surface area contributed by atoms with Gasteiger partial charge in [-0.15, -0.1) is 0 Å². The summed E-state index contributed by atoms with van der Waals surface area (Å²) >= 11 is 9.43. The predicted molar refractivity (Wildman–Crippen MR) is 78.7 cm³/mol. The molecule has 0 nitrogen and oxygen atoms in total. The van der Waals surface area contributed by atoms with Crippen molar-refractivity contribution in [3.05, 3.63) is 60.7 Å². The van der Waals surface area contributed by atoms with Gasteiger partial charge in [-0.25, -0.2) is 0 Å². The third kappa shape index (κ3) is 14.9. The summed E-state index contributed by atoms with van der Waals surface area (Å²) in [5, 5.41) is 0. The Bertz CT molecular complexity index is 250. The van der Waals surface area contributed by atoms with Gasteiger partial charge in [-0.2, -0.15) is 0 Å². The first-order valence-electron chi connectivity index (χ1n) is 4.40. The van der Waals surface area contributed by atoms with Crippen molar-refractivity contribution in [2.75, 3.05) is 0 Å². The van der Waals surface area contributed by atoms with Crippen molar-refractivity contribution in [3.63, 3.8) is 0 Å². The molecule has 0 atom stereocenters. The first kappa shape index (κ1) is 21.1. The second kappa shape index (κ2) is 14.2. The Morgan fingerprint density at radius 3 is 1.11 bits per heavy atom. The van der Waals surface area contributed by atoms with Gasteiger partial charge in [0.1, 0.15) is 0 Å². The Hall–Kier alpha value is 0.814. The van der Waals surface area contributed by atoms with E-state index in [-0.39, 0.29) is 25.8 Å². The zero-order valence-corrected chi connectivity index (χ0v) is 14.6. The van der Waals surface area contributed by atoms with Gasteiger partial charge in [-0.1, -0.05) is 0 Å². The Morgan fingerprint density at radius 2 is 1.06 bits per heavy atom. The molecule has 0 fully saturated rings. The van der Waals surface area contributed by atoms with Gasteiger partial charge in [-0.05, 0) is 13.8 Å². The molecule has 0 spiro atoms. The molecular formula is C13H8S4Ti-12. The molecule has 0 aromatic heterocycles. The van der Waals surface area contributed by atoms with Crippen molar-refractivity contribution < 1.29 is 21.7 Å². The molecule has 0 saturated carbocycles. The van der Waals surface area contributed by atoms with Crippen molar-refractivity contribution in [3.8, 4) is 0 Å². The molecule has 0 radical (unpaired) electrons. The normalized spacial score (nSPS) is 9.11. The molecule has 0 N–H and O–H groups in total. The minimum Gasteiger partial charge on any atom is -0.999 e. The van der Waals surface area contributed by atoms with Crippen LogP contribution in [0.5, 0.6) is 0 Å². The van der Waals surface area contributed by atoms with Crippen LogP contribution < -0.4 is 0 Å². The molecule has 2 aromatic rings. The standard InChI is InChI=1S/2C5H.C3H8S4.Ti/c2*1-2-4-5-3-1;1-3(2,6-4)7-5;/h2*1H;4-5H,1-2H3;/q2*-5;;/p-2. The number of rotatable bonds is 2. The van der Waals surface area contributed by atoms with E-state index in [0.717, 1.165) is 0 Å². The summed E-state index contributed by atoms with van der Waals surface area (Å²) in [7, 11) is 2.74. The fraction of sp³-hybridized carbons (Fsp3) is 0.231. The zero-order chi connectivity index (χ0) is 13.0. The third-order valence-electron chi connectivity index (χ3n) is 1.10. The van der Waals surface area contributed by atoms with Crippen LogP contribution in [0.15, 0.2) is 12.1 Å². The quantitative estimate of drug-likeness (QED) is 0.270. The van der Waals surface area contributed by atoms with E-state index < -0.39 is 0 Å². The summed E-state index contributed by atoms with van der Waals surface area (Å²) in [6.45, 7) is 4.03. The number of hydrogen-bond donors (Lipinski definition) is 0. The van der Waals surface area contributed by atoms with E-state index in [0.29, 0.717) is 0 Å². The van der Waals surface area contributed by atoms with Crippen molar-refractivity contribution in [1.82, 2.24) is 0 Å². The van der Waals surface area contributed by atoms with E-state index in [1.165, 1.54) is 21.6 Å². The van der Waals surface area contributed by atoms with Crippen LogP contribution >= 0.6 is 21.6 Å². The van der Waals surface area contributed by atoms with Crippen LogP contribution in [0.2, 0.25) is 0 Å². The van der Waals surface area contributed by atoms with E-state index in [9.17, 15) is 0 Å². The van der Waals surface area contributed by atoms with Crippen LogP contribution in [-0.2, 0) is 45.0 Å². The number of hydrogen-bond acceptors (Lipinski definition) is 4. The van der Waals surface area contributed by atoms with Gasteiger partial charge >= 0.3 is 0 Å². The third-order valence-corrected chi connectivity index (χ3v) is 5.54. The first-order valence-corrected chi connectivity index (χ1v) is 7.88. The fourth-order valence-corrected chi connectivity index (χ4v) is 1.49. The summed E-state index contributed by atoms with van der Waals surface area (Å²) in [6.07, 6.45) is 0. The molecule has 0 saturated heterocycles. The van der Waals surface area contributed by atoms with Crippen LogP contribution in [0.3, 0.4) is 0 Å². The summed E-state index contributed by atoms with van der Waals surface area (Å²) in [5.74, 6) is 0. The summed E-state index contributed by atoms with van der Waals surface area (Å²) in [5.41, 5.74) is 0. The summed E-state index contributed by atoms with van der Waals surface area (Å²) in [6, 6.07) is 24.0. The van der Waals surface area contributed by atoms with Crippen LogP contribution in [0.4, 0.5) is 0 Å². The molecule has 0 heterocycles. The van der Waals surface area contributed by atoms with Gasteiger partial charge in [0.2, 0.25) is 0 Å². The summed E-state index contributed by atoms with van der Waals surface area (Å²) < 4.78 is 0.0463. The monoisotopic (exact) mass is 340 g/mol. The second-order valence-corrected chi connectivity index (χ2v) is 6.57. The van der Waals surface area contributed by atoms with Crippen LogP contribution in [0.1, 0.15) is 13.8 Å². The molecule has 0 amide bonds. The molecule has 0 bridgehead atoms. The molecule has 100 valence electrons. The van der Waals surface area contributed by atoms with Crippen molar-refractivity contribution in [2.45, 2.75) is 17.9 Å². The Morgan fingerprint density at radius 1 is 0.778 bits per heavy atom. The van der Waals surface area contributed by atoms with Crippen molar-refractivity contribution in [1.29, 1.82) is 0 Å². The largest absolute Gasteiger partial charge is 0.999 e. The molecule has 0 aliphatic carbocycles. The van der Waals surface area contributed by atoms with E-state index >= 15 is 0 Å². The average Bonchev–Trinajstić information content (AvgIpc) is 3.06. The molecule has 2 rings (SSSR count). The van der Waals surface area contributed by atoms with Crippen molar-refractivity contribution >= 4 is 44.9 Å². The zero-order valence-electron chi connectivity index (χ0n) is 9.79. The maximum absolute atomic E-state index is 4.72. The van der Waals surface area contributed by atoms with Crippen molar-refractivity contribution in [2.24, 2.45) is 0 Å². The smallest absolute Gasteiger partial charge is 0.00943 e. The van der Waals surface area contributed by atoms with E-state index in [4.69, 9.17) is 23.3 Å². The molecule has 2 aromatic carbocycles. The second-order valence-electron chi connectivity index (χ2n) is 2.93. The van der Waals surface area contributed by atoms with Crippen LogP contribution in [0.25, 0.3) is 0 Å². The van der Waals surface area contributed by atoms with Gasteiger partial charge in [0.05, 0.1) is 0 Å². The SMILES string of the molecule is CC(C)(S[S-])S[S-].[Ti].[c-]1[c-][c-][cH-][c-]1.[c-]1[c-][c-][cH-][c-]1. The van der Waals surface area contributed by atoms with Gasteiger partial charge < -0.3 is 106 Å². The Kier molecular flexibility index (Phi) is 16.7. The molecule has 18 heavy (non-hydrogen) atoms. The van der Waals surface area contributed by atoms with Gasteiger partial charge in [0.15, 0.2) is 0 Å². The minimum absolute atomic E-state index is 0. The van der Waals surface area contributed by atoms with E-state index in [1.54, 1.807) is 12.1 Å². The molecule has 0 aliphatic heterocycles. The average molecular weight is 340 g/mol. The Labute approximate surface area is 144 Å². The van der Waals surface area contributed by atoms with Gasteiger partial charge in [0.25, 0.3) is 0 Å². The predicted octanol–water partition coefficient (Wildman–Crippen LogP) is 3.32. The van der Waals surface area contributed by atoms with Crippen LogP contribution in [0, 0.1) is 48.5 Å². The summed E-state index contributed by atoms with van der Waals surface area (Å²) in [4.78, 5) is 0. The fourth-order valence-electron chi connectivity index (χ4n) is 0.375. The molecular weight excluding hydrogens is 332 g/mol. The van der Waals surface area contributed by atoms with E-state index in [1.807, 2.05) is 13.8 Å². The molecule has 0 unspecified atom stereocenters. The minimum atomic E-state index is 0. The Balaban J connectivity index is 0. The maximum Gasteiger partial charge on any atom is 0.00943 e.